The van der Waals surface area contributed by atoms with Gasteiger partial charge in [0.2, 0.25) is 0 Å². The first-order valence-corrected chi connectivity index (χ1v) is 8.86. The lowest BCUT2D eigenvalue weighted by atomic mass is 9.45. The first-order valence-electron chi connectivity index (χ1n) is 8.86. The van der Waals surface area contributed by atoms with Gasteiger partial charge in [-0.2, -0.15) is 0 Å². The van der Waals surface area contributed by atoms with Gasteiger partial charge < -0.3 is 5.11 Å². The molecule has 106 valence electrons. The van der Waals surface area contributed by atoms with E-state index < -0.39 is 0 Å². The molecule has 6 rings (SSSR count). The highest BCUT2D eigenvalue weighted by Crippen LogP contribution is 2.67. The molecule has 1 nitrogen and oxygen atoms in total. The third-order valence-corrected chi connectivity index (χ3v) is 8.04. The quantitative estimate of drug-likeness (QED) is 0.791. The predicted octanol–water partition coefficient (Wildman–Crippen LogP) is 4.14. The molecule has 0 amide bonds. The molecule has 6 aliphatic rings. The molecule has 1 unspecified atom stereocenters. The van der Waals surface area contributed by atoms with E-state index in [0.29, 0.717) is 10.8 Å². The van der Waals surface area contributed by atoms with Crippen LogP contribution in [0.5, 0.6) is 0 Å². The Kier molecular flexibility index (Phi) is 2.19. The Balaban J connectivity index is 1.48. The zero-order chi connectivity index (χ0) is 12.7. The van der Waals surface area contributed by atoms with Crippen LogP contribution in [0.1, 0.15) is 70.6 Å². The highest BCUT2D eigenvalue weighted by Gasteiger charge is 2.61. The van der Waals surface area contributed by atoms with E-state index in [1.807, 2.05) is 0 Å². The first-order chi connectivity index (χ1) is 9.18. The van der Waals surface area contributed by atoms with Crippen LogP contribution in [0.25, 0.3) is 0 Å². The molecule has 19 heavy (non-hydrogen) atoms. The van der Waals surface area contributed by atoms with Gasteiger partial charge in [-0.1, -0.05) is 0 Å². The topological polar surface area (TPSA) is 20.2 Å². The number of hydrogen-bond acceptors (Lipinski definition) is 1. The van der Waals surface area contributed by atoms with Gasteiger partial charge in [-0.05, 0) is 105 Å². The van der Waals surface area contributed by atoms with Gasteiger partial charge in [0.05, 0.1) is 6.10 Å². The van der Waals surface area contributed by atoms with Crippen LogP contribution in [0.3, 0.4) is 0 Å². The van der Waals surface area contributed by atoms with E-state index in [4.69, 9.17) is 0 Å². The Labute approximate surface area is 117 Å². The van der Waals surface area contributed by atoms with Crippen molar-refractivity contribution in [2.75, 3.05) is 0 Å². The second-order valence-electron chi connectivity index (χ2n) is 9.19. The minimum absolute atomic E-state index is 0.0564. The van der Waals surface area contributed by atoms with E-state index in [0.717, 1.165) is 23.7 Å². The third-order valence-electron chi connectivity index (χ3n) is 8.04. The lowest BCUT2D eigenvalue weighted by Gasteiger charge is -2.61. The number of hydrogen-bond donors (Lipinski definition) is 1. The average Bonchev–Trinajstić information content (AvgIpc) is 2.97. The van der Waals surface area contributed by atoms with Crippen LogP contribution in [0.4, 0.5) is 0 Å². The van der Waals surface area contributed by atoms with Crippen LogP contribution in [0.15, 0.2) is 0 Å². The number of rotatable bonds is 2. The molecule has 0 aromatic rings. The summed E-state index contributed by atoms with van der Waals surface area (Å²) in [5.41, 5.74) is 0.740. The van der Waals surface area contributed by atoms with Gasteiger partial charge in [0.15, 0.2) is 0 Å². The standard InChI is InChI=1S/C18H28O/c19-16(17-3-1-12(8-17)2-4-17)18-9-13-5-14(10-18)7-15(6-13)11-18/h12-16,19H,1-11H2. The zero-order valence-electron chi connectivity index (χ0n) is 12.1. The Morgan fingerprint density at radius 1 is 0.684 bits per heavy atom. The molecule has 0 aromatic carbocycles. The molecule has 0 saturated heterocycles. The third kappa shape index (κ3) is 1.46. The highest BCUT2D eigenvalue weighted by molar-refractivity contribution is 5.11. The van der Waals surface area contributed by atoms with Crippen LogP contribution in [0, 0.1) is 34.5 Å². The predicted molar refractivity (Wildman–Crippen MR) is 75.6 cm³/mol. The highest BCUT2D eigenvalue weighted by atomic mass is 16.3. The normalized spacial score (nSPS) is 59.8. The van der Waals surface area contributed by atoms with Gasteiger partial charge in [-0.3, -0.25) is 0 Å². The Morgan fingerprint density at radius 3 is 1.58 bits per heavy atom. The molecule has 0 aliphatic heterocycles. The molecule has 0 heterocycles. The van der Waals surface area contributed by atoms with E-state index >= 15 is 0 Å². The number of fused-ring (bicyclic) bond motifs is 2. The maximum absolute atomic E-state index is 11.4. The van der Waals surface area contributed by atoms with Crippen molar-refractivity contribution < 1.29 is 5.11 Å². The summed E-state index contributed by atoms with van der Waals surface area (Å²) in [4.78, 5) is 0. The molecule has 6 aliphatic carbocycles. The molecule has 6 fully saturated rings. The molecule has 1 N–H and O–H groups in total. The minimum atomic E-state index is 0.0564. The summed E-state index contributed by atoms with van der Waals surface area (Å²) in [6, 6.07) is 0. The Morgan fingerprint density at radius 2 is 1.16 bits per heavy atom. The van der Waals surface area contributed by atoms with Crippen molar-refractivity contribution in [3.8, 4) is 0 Å². The van der Waals surface area contributed by atoms with Crippen molar-refractivity contribution in [3.63, 3.8) is 0 Å². The molecule has 6 saturated carbocycles. The van der Waals surface area contributed by atoms with Crippen molar-refractivity contribution in [2.45, 2.75) is 76.7 Å². The van der Waals surface area contributed by atoms with Crippen LogP contribution in [-0.4, -0.2) is 11.2 Å². The van der Waals surface area contributed by atoms with Crippen LogP contribution < -0.4 is 0 Å². The maximum Gasteiger partial charge on any atom is 0.0652 e. The summed E-state index contributed by atoms with van der Waals surface area (Å²) in [6.07, 6.45) is 15.6. The fourth-order valence-corrected chi connectivity index (χ4v) is 7.78. The van der Waals surface area contributed by atoms with E-state index in [9.17, 15) is 5.11 Å². The van der Waals surface area contributed by atoms with Crippen LogP contribution >= 0.6 is 0 Å². The van der Waals surface area contributed by atoms with Crippen molar-refractivity contribution in [3.05, 3.63) is 0 Å². The molecule has 6 bridgehead atoms. The molecular weight excluding hydrogens is 232 g/mol. The maximum atomic E-state index is 11.4. The molecule has 0 radical (unpaired) electrons. The lowest BCUT2D eigenvalue weighted by molar-refractivity contribution is -0.160. The van der Waals surface area contributed by atoms with Crippen molar-refractivity contribution >= 4 is 0 Å². The number of aliphatic hydroxyl groups excluding tert-OH is 1. The van der Waals surface area contributed by atoms with Gasteiger partial charge in [0.25, 0.3) is 0 Å². The Bertz CT molecular complexity index is 355. The summed E-state index contributed by atoms with van der Waals surface area (Å²) in [6.45, 7) is 0. The SMILES string of the molecule is OC(C12CCC(CC1)C2)C12CC3CC(CC(C3)C1)C2. The summed E-state index contributed by atoms with van der Waals surface area (Å²) >= 11 is 0. The fourth-order valence-electron chi connectivity index (χ4n) is 7.78. The minimum Gasteiger partial charge on any atom is -0.392 e. The van der Waals surface area contributed by atoms with Gasteiger partial charge in [0, 0.05) is 0 Å². The van der Waals surface area contributed by atoms with Gasteiger partial charge in [0.1, 0.15) is 0 Å². The second-order valence-corrected chi connectivity index (χ2v) is 9.19. The van der Waals surface area contributed by atoms with Gasteiger partial charge in [-0.15, -0.1) is 0 Å². The second kappa shape index (κ2) is 3.59. The van der Waals surface area contributed by atoms with E-state index in [1.54, 1.807) is 0 Å². The van der Waals surface area contributed by atoms with E-state index in [1.165, 1.54) is 70.6 Å². The summed E-state index contributed by atoms with van der Waals surface area (Å²) in [7, 11) is 0. The van der Waals surface area contributed by atoms with Gasteiger partial charge >= 0.3 is 0 Å². The molecule has 1 atom stereocenters. The summed E-state index contributed by atoms with van der Waals surface area (Å²) in [5.74, 6) is 3.92. The van der Waals surface area contributed by atoms with Crippen molar-refractivity contribution in [2.24, 2.45) is 34.5 Å². The first kappa shape index (κ1) is 11.6. The Hall–Kier alpha value is -0.0400. The average molecular weight is 260 g/mol. The summed E-state index contributed by atoms with van der Waals surface area (Å²) < 4.78 is 0. The van der Waals surface area contributed by atoms with Crippen LogP contribution in [0.2, 0.25) is 0 Å². The largest absolute Gasteiger partial charge is 0.392 e. The summed E-state index contributed by atoms with van der Waals surface area (Å²) in [5, 5.41) is 11.4. The molecular formula is C18H28O. The lowest BCUT2D eigenvalue weighted by Crippen LogP contribution is -2.56. The fraction of sp³-hybridized carbons (Fsp3) is 1.00. The smallest absolute Gasteiger partial charge is 0.0652 e. The number of aliphatic hydroxyl groups is 1. The molecule has 1 heteroatoms. The zero-order valence-corrected chi connectivity index (χ0v) is 12.1. The van der Waals surface area contributed by atoms with Gasteiger partial charge in [-0.25, -0.2) is 0 Å². The van der Waals surface area contributed by atoms with E-state index in [2.05, 4.69) is 0 Å². The van der Waals surface area contributed by atoms with Crippen LogP contribution in [-0.2, 0) is 0 Å². The monoisotopic (exact) mass is 260 g/mol. The molecule has 0 spiro atoms. The van der Waals surface area contributed by atoms with Crippen molar-refractivity contribution in [1.29, 1.82) is 0 Å². The van der Waals surface area contributed by atoms with Crippen molar-refractivity contribution in [1.82, 2.24) is 0 Å². The van der Waals surface area contributed by atoms with E-state index in [-0.39, 0.29) is 6.10 Å². The molecule has 0 aromatic heterocycles.